The zero-order valence-electron chi connectivity index (χ0n) is 9.70. The number of nitro groups is 1. The maximum atomic E-state index is 10.6. The Balaban J connectivity index is 0.000000686. The van der Waals surface area contributed by atoms with E-state index >= 15 is 0 Å². The normalized spacial score (nSPS) is 9.29. The molecule has 0 saturated heterocycles. The molecule has 0 N–H and O–H groups in total. The Morgan fingerprint density at radius 1 is 1.41 bits per heavy atom. The fraction of sp³-hybridized carbons (Fsp3) is 0.182. The Bertz CT molecular complexity index is 497. The number of nitro benzene ring substituents is 1. The number of imidazole rings is 1. The van der Waals surface area contributed by atoms with Crippen molar-refractivity contribution in [3.8, 4) is 5.69 Å². The smallest absolute Gasteiger partial charge is 0.272 e. The van der Waals surface area contributed by atoms with Gasteiger partial charge in [0.25, 0.3) is 5.69 Å². The highest BCUT2D eigenvalue weighted by atomic mass is 16.6. The molecule has 0 atom stereocenters. The average molecular weight is 229 g/mol. The molecule has 1 aromatic heterocycles. The number of rotatable bonds is 2. The van der Waals surface area contributed by atoms with Crippen LogP contribution in [0.3, 0.4) is 0 Å². The summed E-state index contributed by atoms with van der Waals surface area (Å²) in [5.41, 5.74) is 1.65. The summed E-state index contributed by atoms with van der Waals surface area (Å²) in [7, 11) is 4.50. The lowest BCUT2D eigenvalue weighted by Crippen LogP contribution is -1.95. The van der Waals surface area contributed by atoms with Crippen molar-refractivity contribution in [2.24, 2.45) is 0 Å². The summed E-state index contributed by atoms with van der Waals surface area (Å²) >= 11 is 0. The summed E-state index contributed by atoms with van der Waals surface area (Å²) in [6, 6.07) is 4.97. The maximum Gasteiger partial charge on any atom is 0.272 e. The van der Waals surface area contributed by atoms with Gasteiger partial charge in [-0.1, -0.05) is 6.82 Å². The van der Waals surface area contributed by atoms with E-state index in [9.17, 15) is 10.1 Å². The fourth-order valence-electron chi connectivity index (χ4n) is 1.42. The second-order valence-corrected chi connectivity index (χ2v) is 3.20. The molecule has 0 aliphatic rings. The first-order chi connectivity index (χ1) is 8.18. The molecule has 1 aromatic carbocycles. The minimum Gasteiger partial charge on any atom is -0.306 e. The van der Waals surface area contributed by atoms with Crippen molar-refractivity contribution >= 4 is 13.5 Å². The van der Waals surface area contributed by atoms with Gasteiger partial charge in [0.05, 0.1) is 19.1 Å². The van der Waals surface area contributed by atoms with Crippen LogP contribution in [0.15, 0.2) is 36.9 Å². The molecule has 5 nitrogen and oxygen atoms in total. The second kappa shape index (κ2) is 5.84. The quantitative estimate of drug-likeness (QED) is 0.450. The number of nitrogens with zero attached hydrogens (tertiary/aromatic N) is 3. The minimum atomic E-state index is -0.382. The Hall–Kier alpha value is -2.11. The predicted molar refractivity (Wildman–Crippen MR) is 66.6 cm³/mol. The van der Waals surface area contributed by atoms with Crippen LogP contribution in [-0.2, 0) is 0 Å². The highest BCUT2D eigenvalue weighted by Gasteiger charge is 2.10. The molecular formula is C11H12BN3O2. The standard InChI is InChI=1S/C10H9N3O2.CH3B/c1-8-6-9(12-5-4-11-7-12)2-3-10(8)13(14)15;1-2/h2-7H,1H3;1H3. The molecule has 2 rings (SSSR count). The molecule has 0 amide bonds. The molecule has 17 heavy (non-hydrogen) atoms. The Kier molecular flexibility index (Phi) is 4.45. The first kappa shape index (κ1) is 13.0. The van der Waals surface area contributed by atoms with E-state index < -0.39 is 0 Å². The summed E-state index contributed by atoms with van der Waals surface area (Å²) in [5, 5.41) is 10.6. The molecule has 0 unspecified atom stereocenters. The van der Waals surface area contributed by atoms with Gasteiger partial charge in [-0.25, -0.2) is 4.98 Å². The maximum absolute atomic E-state index is 10.6. The molecule has 0 aliphatic heterocycles. The Labute approximate surface area is 101 Å². The average Bonchev–Trinajstić information content (AvgIpc) is 2.84. The first-order valence-electron chi connectivity index (χ1n) is 4.99. The van der Waals surface area contributed by atoms with Gasteiger partial charge in [0, 0.05) is 29.7 Å². The van der Waals surface area contributed by atoms with E-state index in [1.165, 1.54) is 12.9 Å². The topological polar surface area (TPSA) is 61.0 Å². The molecule has 6 heteroatoms. The lowest BCUT2D eigenvalue weighted by molar-refractivity contribution is -0.385. The number of hydrogen-bond acceptors (Lipinski definition) is 3. The van der Waals surface area contributed by atoms with Crippen LogP contribution in [0.25, 0.3) is 5.69 Å². The largest absolute Gasteiger partial charge is 0.306 e. The van der Waals surface area contributed by atoms with Gasteiger partial charge in [-0.05, 0) is 19.1 Å². The minimum absolute atomic E-state index is 0.138. The van der Waals surface area contributed by atoms with Crippen LogP contribution in [0, 0.1) is 17.0 Å². The first-order valence-corrected chi connectivity index (χ1v) is 4.99. The zero-order valence-corrected chi connectivity index (χ0v) is 9.70. The molecule has 1 heterocycles. The molecule has 0 fully saturated rings. The van der Waals surface area contributed by atoms with Gasteiger partial charge < -0.3 is 4.57 Å². The van der Waals surface area contributed by atoms with Crippen LogP contribution in [-0.4, -0.2) is 22.3 Å². The number of benzene rings is 1. The van der Waals surface area contributed by atoms with Gasteiger partial charge in [0.1, 0.15) is 0 Å². The van der Waals surface area contributed by atoms with Crippen LogP contribution >= 0.6 is 0 Å². The molecule has 2 aromatic rings. The van der Waals surface area contributed by atoms with Crippen LogP contribution in [0.1, 0.15) is 5.56 Å². The lowest BCUT2D eigenvalue weighted by Gasteiger charge is -2.03. The van der Waals surface area contributed by atoms with E-state index in [2.05, 4.69) is 12.8 Å². The molecular weight excluding hydrogens is 217 g/mol. The van der Waals surface area contributed by atoms with Crippen LogP contribution < -0.4 is 0 Å². The van der Waals surface area contributed by atoms with Crippen molar-refractivity contribution in [1.29, 1.82) is 0 Å². The molecule has 2 radical (unpaired) electrons. The third-order valence-electron chi connectivity index (χ3n) is 2.18. The van der Waals surface area contributed by atoms with Crippen molar-refractivity contribution in [2.75, 3.05) is 0 Å². The van der Waals surface area contributed by atoms with Gasteiger partial charge >= 0.3 is 0 Å². The Morgan fingerprint density at radius 2 is 2.12 bits per heavy atom. The Morgan fingerprint density at radius 3 is 2.59 bits per heavy atom. The lowest BCUT2D eigenvalue weighted by atomic mass is 10.2. The van der Waals surface area contributed by atoms with Crippen molar-refractivity contribution in [3.05, 3.63) is 52.6 Å². The van der Waals surface area contributed by atoms with Crippen LogP contribution in [0.5, 0.6) is 0 Å². The SMILES string of the molecule is Cc1cc(-n2ccnc2)ccc1[N+](=O)[O-].[B]C. The number of hydrogen-bond donors (Lipinski definition) is 0. The predicted octanol–water partition coefficient (Wildman–Crippen LogP) is 2.29. The van der Waals surface area contributed by atoms with Crippen LogP contribution in [0.2, 0.25) is 6.82 Å². The van der Waals surface area contributed by atoms with E-state index in [0.29, 0.717) is 5.56 Å². The molecule has 0 aliphatic carbocycles. The number of aromatic nitrogens is 2. The summed E-state index contributed by atoms with van der Waals surface area (Å²) < 4.78 is 1.80. The van der Waals surface area contributed by atoms with E-state index in [4.69, 9.17) is 0 Å². The van der Waals surface area contributed by atoms with Crippen molar-refractivity contribution in [1.82, 2.24) is 9.55 Å². The third kappa shape index (κ3) is 2.93. The molecule has 86 valence electrons. The number of aryl methyl sites for hydroxylation is 1. The van der Waals surface area contributed by atoms with Crippen LogP contribution in [0.4, 0.5) is 5.69 Å². The summed E-state index contributed by atoms with van der Waals surface area (Å²) in [6.07, 6.45) is 5.11. The van der Waals surface area contributed by atoms with E-state index in [1.54, 1.807) is 42.3 Å². The van der Waals surface area contributed by atoms with Crippen molar-refractivity contribution in [2.45, 2.75) is 13.7 Å². The van der Waals surface area contributed by atoms with Gasteiger partial charge in [-0.3, -0.25) is 10.1 Å². The van der Waals surface area contributed by atoms with Gasteiger partial charge in [0.2, 0.25) is 0 Å². The zero-order chi connectivity index (χ0) is 12.8. The van der Waals surface area contributed by atoms with Gasteiger partial charge in [0.15, 0.2) is 0 Å². The molecule has 0 spiro atoms. The highest BCUT2D eigenvalue weighted by Crippen LogP contribution is 2.20. The van der Waals surface area contributed by atoms with Crippen molar-refractivity contribution in [3.63, 3.8) is 0 Å². The van der Waals surface area contributed by atoms with Gasteiger partial charge in [-0.15, -0.1) is 0 Å². The summed E-state index contributed by atoms with van der Waals surface area (Å²) in [4.78, 5) is 14.1. The summed E-state index contributed by atoms with van der Waals surface area (Å²) in [6.45, 7) is 3.22. The highest BCUT2D eigenvalue weighted by molar-refractivity contribution is 6.05. The van der Waals surface area contributed by atoms with E-state index in [0.717, 1.165) is 5.69 Å². The van der Waals surface area contributed by atoms with Gasteiger partial charge in [-0.2, -0.15) is 0 Å². The van der Waals surface area contributed by atoms with Crippen molar-refractivity contribution < 1.29 is 4.92 Å². The van der Waals surface area contributed by atoms with E-state index in [1.807, 2.05) is 0 Å². The third-order valence-corrected chi connectivity index (χ3v) is 2.18. The monoisotopic (exact) mass is 229 g/mol. The summed E-state index contributed by atoms with van der Waals surface area (Å²) in [5.74, 6) is 0. The molecule has 0 saturated carbocycles. The fourth-order valence-corrected chi connectivity index (χ4v) is 1.42. The second-order valence-electron chi connectivity index (χ2n) is 3.20. The molecule has 0 bridgehead atoms. The van der Waals surface area contributed by atoms with E-state index in [-0.39, 0.29) is 10.6 Å².